The Morgan fingerprint density at radius 3 is 2.90 bits per heavy atom. The lowest BCUT2D eigenvalue weighted by molar-refractivity contribution is -0.386. The van der Waals surface area contributed by atoms with Gasteiger partial charge in [0, 0.05) is 29.9 Å². The van der Waals surface area contributed by atoms with Crippen LogP contribution in [0.5, 0.6) is 0 Å². The molecular weight excluding hydrogens is 274 g/mol. The molecule has 0 bridgehead atoms. The predicted octanol–water partition coefficient (Wildman–Crippen LogP) is 2.05. The van der Waals surface area contributed by atoms with Crippen molar-refractivity contribution in [3.05, 3.63) is 33.1 Å². The molecule has 2 rings (SSSR count). The first-order valence-electron chi connectivity index (χ1n) is 6.95. The summed E-state index contributed by atoms with van der Waals surface area (Å²) in [6, 6.07) is -0.0101. The van der Waals surface area contributed by atoms with Crippen molar-refractivity contribution < 1.29 is 14.8 Å². The van der Waals surface area contributed by atoms with Gasteiger partial charge in [-0.2, -0.15) is 0 Å². The van der Waals surface area contributed by atoms with Crippen LogP contribution >= 0.6 is 0 Å². The Morgan fingerprint density at radius 2 is 2.29 bits per heavy atom. The van der Waals surface area contributed by atoms with E-state index >= 15 is 0 Å². The fourth-order valence-corrected chi connectivity index (χ4v) is 2.93. The number of rotatable bonds is 5. The molecule has 7 nitrogen and oxygen atoms in total. The van der Waals surface area contributed by atoms with Gasteiger partial charge < -0.3 is 5.11 Å². The Kier molecular flexibility index (Phi) is 4.52. The van der Waals surface area contributed by atoms with E-state index in [4.69, 9.17) is 5.11 Å². The van der Waals surface area contributed by atoms with Crippen LogP contribution in [-0.2, 0) is 11.3 Å². The standard InChI is InChI=1S/C14H19N3O4/c1-9-7-15-12(10(2)14(9)17(20)21)8-16-5-3-4-11(16)6-13(18)19/h7,11H,3-6,8H2,1-2H3,(H,18,19). The van der Waals surface area contributed by atoms with Gasteiger partial charge in [0.05, 0.1) is 17.0 Å². The molecule has 1 N–H and O–H groups in total. The van der Waals surface area contributed by atoms with Gasteiger partial charge in [-0.15, -0.1) is 0 Å². The number of carboxylic acid groups (broad SMARTS) is 1. The number of nitrogens with zero attached hydrogens (tertiary/aromatic N) is 3. The molecule has 0 aromatic carbocycles. The highest BCUT2D eigenvalue weighted by atomic mass is 16.6. The average molecular weight is 293 g/mol. The van der Waals surface area contributed by atoms with Gasteiger partial charge in [0.25, 0.3) is 5.69 Å². The van der Waals surface area contributed by atoms with Crippen LogP contribution in [0.15, 0.2) is 6.20 Å². The van der Waals surface area contributed by atoms with E-state index in [1.807, 2.05) is 0 Å². The van der Waals surface area contributed by atoms with E-state index in [0.29, 0.717) is 23.4 Å². The van der Waals surface area contributed by atoms with Crippen LogP contribution in [0.1, 0.15) is 36.1 Å². The molecular formula is C14H19N3O4. The molecule has 1 unspecified atom stereocenters. The molecule has 1 aliphatic rings. The van der Waals surface area contributed by atoms with Crippen molar-refractivity contribution in [2.24, 2.45) is 0 Å². The number of aliphatic carboxylic acids is 1. The number of pyridine rings is 1. The van der Waals surface area contributed by atoms with Gasteiger partial charge in [0.2, 0.25) is 0 Å². The summed E-state index contributed by atoms with van der Waals surface area (Å²) in [4.78, 5) is 28.0. The third kappa shape index (κ3) is 3.36. The number of likely N-dealkylation sites (tertiary alicyclic amines) is 1. The third-order valence-corrected chi connectivity index (χ3v) is 4.02. The number of carbonyl (C=O) groups is 1. The summed E-state index contributed by atoms with van der Waals surface area (Å²) in [6.45, 7) is 4.65. The topological polar surface area (TPSA) is 96.6 Å². The number of nitro groups is 1. The molecule has 1 saturated heterocycles. The Morgan fingerprint density at radius 1 is 1.57 bits per heavy atom. The van der Waals surface area contributed by atoms with Crippen molar-refractivity contribution in [1.29, 1.82) is 0 Å². The Hall–Kier alpha value is -2.02. The van der Waals surface area contributed by atoms with E-state index in [2.05, 4.69) is 9.88 Å². The van der Waals surface area contributed by atoms with E-state index in [9.17, 15) is 14.9 Å². The van der Waals surface area contributed by atoms with Gasteiger partial charge >= 0.3 is 5.97 Å². The zero-order valence-electron chi connectivity index (χ0n) is 12.2. The number of aryl methyl sites for hydroxylation is 1. The molecule has 0 aliphatic carbocycles. The Balaban J connectivity index is 2.21. The van der Waals surface area contributed by atoms with Gasteiger partial charge in [0.15, 0.2) is 0 Å². The number of hydrogen-bond acceptors (Lipinski definition) is 5. The van der Waals surface area contributed by atoms with E-state index in [0.717, 1.165) is 19.4 Å². The lowest BCUT2D eigenvalue weighted by atomic mass is 10.1. The normalized spacial score (nSPS) is 18.9. The molecule has 0 radical (unpaired) electrons. The summed E-state index contributed by atoms with van der Waals surface area (Å²) in [5, 5.41) is 20.1. The van der Waals surface area contributed by atoms with Gasteiger partial charge in [0.1, 0.15) is 0 Å². The first-order valence-corrected chi connectivity index (χ1v) is 6.95. The van der Waals surface area contributed by atoms with Crippen LogP contribution in [-0.4, -0.2) is 38.5 Å². The number of aromatic nitrogens is 1. The minimum Gasteiger partial charge on any atom is -0.481 e. The second-order valence-electron chi connectivity index (χ2n) is 5.48. The highest BCUT2D eigenvalue weighted by molar-refractivity contribution is 5.67. The van der Waals surface area contributed by atoms with E-state index in [1.165, 1.54) is 6.20 Å². The summed E-state index contributed by atoms with van der Waals surface area (Å²) >= 11 is 0. The summed E-state index contributed by atoms with van der Waals surface area (Å²) < 4.78 is 0. The number of hydrogen-bond donors (Lipinski definition) is 1. The van der Waals surface area contributed by atoms with Crippen LogP contribution in [0.4, 0.5) is 5.69 Å². The maximum atomic E-state index is 11.1. The zero-order chi connectivity index (χ0) is 15.6. The van der Waals surface area contributed by atoms with Crippen molar-refractivity contribution in [3.63, 3.8) is 0 Å². The molecule has 0 spiro atoms. The number of carboxylic acids is 1. The van der Waals surface area contributed by atoms with E-state index < -0.39 is 5.97 Å². The van der Waals surface area contributed by atoms with Crippen LogP contribution in [0.2, 0.25) is 0 Å². The van der Waals surface area contributed by atoms with Crippen molar-refractivity contribution in [3.8, 4) is 0 Å². The van der Waals surface area contributed by atoms with Crippen molar-refractivity contribution in [2.45, 2.75) is 45.7 Å². The van der Waals surface area contributed by atoms with Crippen LogP contribution < -0.4 is 0 Å². The molecule has 114 valence electrons. The fourth-order valence-electron chi connectivity index (χ4n) is 2.93. The fraction of sp³-hybridized carbons (Fsp3) is 0.571. The van der Waals surface area contributed by atoms with Crippen molar-refractivity contribution in [2.75, 3.05) is 6.54 Å². The van der Waals surface area contributed by atoms with Gasteiger partial charge in [-0.05, 0) is 33.2 Å². The monoisotopic (exact) mass is 293 g/mol. The quantitative estimate of drug-likeness (QED) is 0.659. The van der Waals surface area contributed by atoms with Crippen molar-refractivity contribution in [1.82, 2.24) is 9.88 Å². The molecule has 1 aromatic heterocycles. The summed E-state index contributed by atoms with van der Waals surface area (Å²) in [7, 11) is 0. The Labute approximate surface area is 122 Å². The second kappa shape index (κ2) is 6.17. The smallest absolute Gasteiger partial charge is 0.304 e. The van der Waals surface area contributed by atoms with E-state index in [1.54, 1.807) is 13.8 Å². The van der Waals surface area contributed by atoms with Crippen LogP contribution in [0.25, 0.3) is 0 Å². The highest BCUT2D eigenvalue weighted by Crippen LogP contribution is 2.27. The third-order valence-electron chi connectivity index (χ3n) is 4.02. The SMILES string of the molecule is Cc1cnc(CN2CCCC2CC(=O)O)c(C)c1[N+](=O)[O-]. The molecule has 7 heteroatoms. The predicted molar refractivity (Wildman–Crippen MR) is 76.1 cm³/mol. The minimum absolute atomic E-state index is 0.0101. The molecule has 1 aromatic rings. The molecule has 1 aliphatic heterocycles. The summed E-state index contributed by atoms with van der Waals surface area (Å²) in [5.74, 6) is -0.813. The largest absolute Gasteiger partial charge is 0.481 e. The highest BCUT2D eigenvalue weighted by Gasteiger charge is 2.28. The first kappa shape index (κ1) is 15.4. The Bertz CT molecular complexity index is 574. The lowest BCUT2D eigenvalue weighted by Gasteiger charge is -2.23. The van der Waals surface area contributed by atoms with Gasteiger partial charge in [-0.3, -0.25) is 24.8 Å². The van der Waals surface area contributed by atoms with Crippen molar-refractivity contribution >= 4 is 11.7 Å². The maximum absolute atomic E-state index is 11.1. The molecule has 2 heterocycles. The summed E-state index contributed by atoms with van der Waals surface area (Å²) in [5.41, 5.74) is 1.88. The maximum Gasteiger partial charge on any atom is 0.304 e. The first-order chi connectivity index (χ1) is 9.90. The molecule has 1 atom stereocenters. The average Bonchev–Trinajstić information content (AvgIpc) is 2.79. The van der Waals surface area contributed by atoms with Crippen LogP contribution in [0, 0.1) is 24.0 Å². The van der Waals surface area contributed by atoms with Gasteiger partial charge in [-0.25, -0.2) is 0 Å². The van der Waals surface area contributed by atoms with E-state index in [-0.39, 0.29) is 23.1 Å². The second-order valence-corrected chi connectivity index (χ2v) is 5.48. The molecule has 1 fully saturated rings. The minimum atomic E-state index is -0.813. The molecule has 21 heavy (non-hydrogen) atoms. The molecule has 0 amide bonds. The van der Waals surface area contributed by atoms with Crippen LogP contribution in [0.3, 0.4) is 0 Å². The zero-order valence-corrected chi connectivity index (χ0v) is 12.2. The molecule has 0 saturated carbocycles. The lowest BCUT2D eigenvalue weighted by Crippen LogP contribution is -2.31. The van der Waals surface area contributed by atoms with Gasteiger partial charge in [-0.1, -0.05) is 0 Å². The summed E-state index contributed by atoms with van der Waals surface area (Å²) in [6.07, 6.45) is 3.42.